The van der Waals surface area contributed by atoms with Gasteiger partial charge in [-0.3, -0.25) is 4.79 Å². The molecule has 1 aliphatic heterocycles. The van der Waals surface area contributed by atoms with Crippen molar-refractivity contribution in [1.82, 2.24) is 4.90 Å². The molecule has 5 heteroatoms. The Bertz CT molecular complexity index is 776. The third-order valence-electron chi connectivity index (χ3n) is 4.87. The number of nitrogens with zero attached hydrogens (tertiary/aromatic N) is 1. The van der Waals surface area contributed by atoms with Gasteiger partial charge in [0.05, 0.1) is 17.0 Å². The molecule has 0 aromatic heterocycles. The van der Waals surface area contributed by atoms with E-state index in [1.165, 1.54) is 18.4 Å². The van der Waals surface area contributed by atoms with Gasteiger partial charge in [0.25, 0.3) is 0 Å². The van der Waals surface area contributed by atoms with Gasteiger partial charge in [-0.1, -0.05) is 47.5 Å². The minimum absolute atomic E-state index is 0.0163. The molecule has 25 heavy (non-hydrogen) atoms. The highest BCUT2D eigenvalue weighted by Crippen LogP contribution is 2.49. The van der Waals surface area contributed by atoms with Crippen LogP contribution in [0.1, 0.15) is 35.3 Å². The number of rotatable bonds is 4. The molecule has 2 nitrogen and oxygen atoms in total. The first-order chi connectivity index (χ1) is 12.1. The molecular weight excluding hydrogens is 373 g/mol. The minimum Gasteiger partial charge on any atom is -0.333 e. The number of hydrogen-bond acceptors (Lipinski definition) is 2. The lowest BCUT2D eigenvalue weighted by atomic mass is 9.96. The molecule has 0 spiro atoms. The van der Waals surface area contributed by atoms with Crippen molar-refractivity contribution in [3.8, 4) is 0 Å². The normalized spacial score (nSPS) is 23.8. The van der Waals surface area contributed by atoms with E-state index in [4.69, 9.17) is 23.2 Å². The van der Waals surface area contributed by atoms with Crippen molar-refractivity contribution in [2.75, 3.05) is 12.3 Å². The Morgan fingerprint density at radius 1 is 1.00 bits per heavy atom. The van der Waals surface area contributed by atoms with E-state index in [1.54, 1.807) is 11.8 Å². The van der Waals surface area contributed by atoms with E-state index in [9.17, 15) is 4.79 Å². The monoisotopic (exact) mass is 391 g/mol. The van der Waals surface area contributed by atoms with Crippen LogP contribution in [0.2, 0.25) is 10.0 Å². The molecule has 2 atom stereocenters. The number of amides is 1. The summed E-state index contributed by atoms with van der Waals surface area (Å²) < 4.78 is 0. The second-order valence-electron chi connectivity index (χ2n) is 6.77. The van der Waals surface area contributed by atoms with Gasteiger partial charge < -0.3 is 4.90 Å². The Hall–Kier alpha value is -1.16. The SMILES string of the molecule is O=C1CSC(c2cccc(Cl)c2)C(c2ccc(Cl)cc2)N1CC1CC1. The Labute approximate surface area is 162 Å². The maximum Gasteiger partial charge on any atom is 0.233 e. The first-order valence-electron chi connectivity index (χ1n) is 8.54. The van der Waals surface area contributed by atoms with Gasteiger partial charge in [0.1, 0.15) is 0 Å². The second-order valence-corrected chi connectivity index (χ2v) is 8.78. The lowest BCUT2D eigenvalue weighted by molar-refractivity contribution is -0.131. The Morgan fingerprint density at radius 3 is 2.44 bits per heavy atom. The van der Waals surface area contributed by atoms with Crippen molar-refractivity contribution in [1.29, 1.82) is 0 Å². The molecule has 2 aliphatic rings. The van der Waals surface area contributed by atoms with Crippen LogP contribution in [0.4, 0.5) is 0 Å². The van der Waals surface area contributed by atoms with Crippen molar-refractivity contribution in [3.63, 3.8) is 0 Å². The summed E-state index contributed by atoms with van der Waals surface area (Å²) in [6, 6.07) is 15.9. The molecule has 0 N–H and O–H groups in total. The zero-order valence-corrected chi connectivity index (χ0v) is 16.0. The van der Waals surface area contributed by atoms with Crippen molar-refractivity contribution < 1.29 is 4.79 Å². The standard InChI is InChI=1S/C20H19Cl2NOS/c21-16-8-6-14(7-9-16)19-20(15-2-1-3-17(22)10-15)25-12-18(24)23(19)11-13-4-5-13/h1-3,6-10,13,19-20H,4-5,11-12H2. The zero-order valence-electron chi connectivity index (χ0n) is 13.7. The van der Waals surface area contributed by atoms with Gasteiger partial charge in [-0.05, 0) is 54.2 Å². The number of halogens is 2. The number of carbonyl (C=O) groups is 1. The highest BCUT2D eigenvalue weighted by atomic mass is 35.5. The molecule has 0 radical (unpaired) electrons. The fourth-order valence-electron chi connectivity index (χ4n) is 3.42. The van der Waals surface area contributed by atoms with Gasteiger partial charge >= 0.3 is 0 Å². The van der Waals surface area contributed by atoms with Crippen LogP contribution < -0.4 is 0 Å². The van der Waals surface area contributed by atoms with Crippen LogP contribution in [0.15, 0.2) is 48.5 Å². The lowest BCUT2D eigenvalue weighted by Gasteiger charge is -2.41. The van der Waals surface area contributed by atoms with Crippen LogP contribution in [-0.2, 0) is 4.79 Å². The van der Waals surface area contributed by atoms with E-state index in [2.05, 4.69) is 11.0 Å². The van der Waals surface area contributed by atoms with E-state index >= 15 is 0 Å². The second kappa shape index (κ2) is 7.22. The number of hydrogen-bond donors (Lipinski definition) is 0. The topological polar surface area (TPSA) is 20.3 Å². The van der Waals surface area contributed by atoms with Crippen LogP contribution in [0, 0.1) is 5.92 Å². The highest BCUT2D eigenvalue weighted by Gasteiger charge is 2.40. The van der Waals surface area contributed by atoms with Crippen LogP contribution in [0.3, 0.4) is 0 Å². The van der Waals surface area contributed by atoms with Gasteiger partial charge in [0.15, 0.2) is 0 Å². The summed E-state index contributed by atoms with van der Waals surface area (Å²) in [4.78, 5) is 14.8. The van der Waals surface area contributed by atoms with Crippen molar-refractivity contribution >= 4 is 40.9 Å². The number of thioether (sulfide) groups is 1. The molecule has 130 valence electrons. The molecular formula is C20H19Cl2NOS. The predicted molar refractivity (Wildman–Crippen MR) is 105 cm³/mol. The Morgan fingerprint density at radius 2 is 1.76 bits per heavy atom. The molecule has 2 fully saturated rings. The van der Waals surface area contributed by atoms with Gasteiger partial charge in [-0.15, -0.1) is 11.8 Å². The van der Waals surface area contributed by atoms with Crippen molar-refractivity contribution in [2.24, 2.45) is 5.92 Å². The van der Waals surface area contributed by atoms with Gasteiger partial charge in [0, 0.05) is 16.6 Å². The van der Waals surface area contributed by atoms with Crippen LogP contribution in [0.25, 0.3) is 0 Å². The predicted octanol–water partition coefficient (Wildman–Crippen LogP) is 5.76. The summed E-state index contributed by atoms with van der Waals surface area (Å²) in [5, 5.41) is 1.63. The summed E-state index contributed by atoms with van der Waals surface area (Å²) in [6.07, 6.45) is 2.46. The van der Waals surface area contributed by atoms with Crippen molar-refractivity contribution in [3.05, 3.63) is 69.7 Å². The first kappa shape index (κ1) is 17.3. The Kier molecular flexibility index (Phi) is 4.99. The van der Waals surface area contributed by atoms with Crippen molar-refractivity contribution in [2.45, 2.75) is 24.1 Å². The fourth-order valence-corrected chi connectivity index (χ4v) is 5.06. The largest absolute Gasteiger partial charge is 0.333 e. The molecule has 1 saturated carbocycles. The summed E-state index contributed by atoms with van der Waals surface area (Å²) in [5.41, 5.74) is 2.31. The van der Waals surface area contributed by atoms with E-state index in [0.29, 0.717) is 16.7 Å². The molecule has 1 heterocycles. The molecule has 0 bridgehead atoms. The molecule has 1 saturated heterocycles. The highest BCUT2D eigenvalue weighted by molar-refractivity contribution is 8.00. The molecule has 2 aromatic carbocycles. The van der Waals surface area contributed by atoms with Gasteiger partial charge in [-0.2, -0.15) is 0 Å². The molecule has 2 aromatic rings. The summed E-state index contributed by atoms with van der Waals surface area (Å²) in [7, 11) is 0. The quantitative estimate of drug-likeness (QED) is 0.659. The van der Waals surface area contributed by atoms with Crippen LogP contribution >= 0.6 is 35.0 Å². The Balaban J connectivity index is 1.74. The summed E-state index contributed by atoms with van der Waals surface area (Å²) in [5.74, 6) is 1.41. The molecule has 4 rings (SSSR count). The number of carbonyl (C=O) groups excluding carboxylic acids is 1. The average Bonchev–Trinajstić information content (AvgIpc) is 3.42. The third-order valence-corrected chi connectivity index (χ3v) is 6.66. The smallest absolute Gasteiger partial charge is 0.233 e. The lowest BCUT2D eigenvalue weighted by Crippen LogP contribution is -2.43. The van der Waals surface area contributed by atoms with E-state index in [1.807, 2.05) is 42.5 Å². The maximum absolute atomic E-state index is 12.7. The molecule has 1 amide bonds. The van der Waals surface area contributed by atoms with Crippen LogP contribution in [0.5, 0.6) is 0 Å². The van der Waals surface area contributed by atoms with Crippen LogP contribution in [-0.4, -0.2) is 23.1 Å². The molecule has 1 aliphatic carbocycles. The fraction of sp³-hybridized carbons (Fsp3) is 0.350. The van der Waals surface area contributed by atoms with E-state index in [0.717, 1.165) is 17.1 Å². The first-order valence-corrected chi connectivity index (χ1v) is 10.3. The van der Waals surface area contributed by atoms with Gasteiger partial charge in [0.2, 0.25) is 5.91 Å². The number of benzene rings is 2. The van der Waals surface area contributed by atoms with E-state index in [-0.39, 0.29) is 17.2 Å². The third kappa shape index (κ3) is 3.84. The average molecular weight is 392 g/mol. The summed E-state index contributed by atoms with van der Waals surface area (Å²) in [6.45, 7) is 0.851. The zero-order chi connectivity index (χ0) is 17.4. The summed E-state index contributed by atoms with van der Waals surface area (Å²) >= 11 is 14.0. The van der Waals surface area contributed by atoms with Gasteiger partial charge in [-0.25, -0.2) is 0 Å². The maximum atomic E-state index is 12.7. The molecule has 2 unspecified atom stereocenters. The van der Waals surface area contributed by atoms with E-state index < -0.39 is 0 Å². The minimum atomic E-state index is 0.0163.